The molecule has 0 spiro atoms. The summed E-state index contributed by atoms with van der Waals surface area (Å²) in [6.07, 6.45) is -0.600. The molecule has 0 bridgehead atoms. The highest BCUT2D eigenvalue weighted by atomic mass is 16.5. The number of rotatable bonds is 7. The second kappa shape index (κ2) is 7.04. The Morgan fingerprint density at radius 2 is 1.81 bits per heavy atom. The van der Waals surface area contributed by atoms with Crippen molar-refractivity contribution in [2.24, 2.45) is 0 Å². The molecule has 1 aromatic heterocycles. The molecule has 2 aromatic rings. The van der Waals surface area contributed by atoms with E-state index in [2.05, 4.69) is 5.43 Å². The van der Waals surface area contributed by atoms with Gasteiger partial charge in [0.25, 0.3) is 0 Å². The normalized spacial score (nSPS) is 12.0. The Kier molecular flexibility index (Phi) is 5.11. The Balaban J connectivity index is 1.80. The first-order chi connectivity index (χ1) is 10.1. The zero-order valence-corrected chi connectivity index (χ0v) is 12.7. The van der Waals surface area contributed by atoms with E-state index in [1.54, 1.807) is 13.2 Å². The SMILES string of the molecule is COc1cccc(OCC(O)CNn2c(C)ccc2C)c1. The third-order valence-corrected chi connectivity index (χ3v) is 3.24. The number of benzene rings is 1. The first-order valence-electron chi connectivity index (χ1n) is 6.94. The van der Waals surface area contributed by atoms with Gasteiger partial charge in [0.2, 0.25) is 0 Å². The first kappa shape index (κ1) is 15.3. The van der Waals surface area contributed by atoms with Gasteiger partial charge in [-0.1, -0.05) is 6.07 Å². The van der Waals surface area contributed by atoms with Crippen molar-refractivity contribution >= 4 is 0 Å². The number of hydrogen-bond donors (Lipinski definition) is 2. The fraction of sp³-hybridized carbons (Fsp3) is 0.375. The minimum atomic E-state index is -0.600. The third kappa shape index (κ3) is 4.16. The molecule has 2 rings (SSSR count). The largest absolute Gasteiger partial charge is 0.497 e. The Bertz CT molecular complexity index is 561. The number of nitrogens with zero attached hydrogens (tertiary/aromatic N) is 1. The lowest BCUT2D eigenvalue weighted by Gasteiger charge is -2.17. The monoisotopic (exact) mass is 290 g/mol. The van der Waals surface area contributed by atoms with E-state index in [1.807, 2.05) is 48.9 Å². The van der Waals surface area contributed by atoms with Gasteiger partial charge in [-0.25, -0.2) is 0 Å². The lowest BCUT2D eigenvalue weighted by molar-refractivity contribution is 0.115. The summed E-state index contributed by atoms with van der Waals surface area (Å²) in [5, 5.41) is 9.99. The van der Waals surface area contributed by atoms with Gasteiger partial charge in [-0.05, 0) is 38.1 Å². The topological polar surface area (TPSA) is 55.6 Å². The molecule has 0 saturated heterocycles. The Morgan fingerprint density at radius 1 is 1.14 bits per heavy atom. The third-order valence-electron chi connectivity index (χ3n) is 3.24. The van der Waals surface area contributed by atoms with Crippen LogP contribution in [0.4, 0.5) is 0 Å². The summed E-state index contributed by atoms with van der Waals surface area (Å²) in [5.41, 5.74) is 5.39. The molecule has 2 N–H and O–H groups in total. The molecule has 0 fully saturated rings. The smallest absolute Gasteiger partial charge is 0.123 e. The number of aromatic nitrogens is 1. The van der Waals surface area contributed by atoms with E-state index in [-0.39, 0.29) is 6.61 Å². The van der Waals surface area contributed by atoms with Crippen LogP contribution in [0.15, 0.2) is 36.4 Å². The van der Waals surface area contributed by atoms with E-state index in [1.165, 1.54) is 0 Å². The van der Waals surface area contributed by atoms with E-state index in [0.29, 0.717) is 12.3 Å². The van der Waals surface area contributed by atoms with Crippen LogP contribution in [0.2, 0.25) is 0 Å². The molecule has 5 nitrogen and oxygen atoms in total. The predicted octanol–water partition coefficient (Wildman–Crippen LogP) is 2.10. The molecule has 0 aliphatic carbocycles. The van der Waals surface area contributed by atoms with Crippen molar-refractivity contribution in [2.45, 2.75) is 20.0 Å². The molecule has 0 aliphatic rings. The molecule has 0 aliphatic heterocycles. The maximum Gasteiger partial charge on any atom is 0.123 e. The fourth-order valence-corrected chi connectivity index (χ4v) is 2.06. The quantitative estimate of drug-likeness (QED) is 0.820. The molecule has 1 unspecified atom stereocenters. The van der Waals surface area contributed by atoms with Crippen molar-refractivity contribution in [1.82, 2.24) is 4.68 Å². The summed E-state index contributed by atoms with van der Waals surface area (Å²) in [6.45, 7) is 4.66. The lowest BCUT2D eigenvalue weighted by Crippen LogP contribution is -2.31. The van der Waals surface area contributed by atoms with E-state index >= 15 is 0 Å². The van der Waals surface area contributed by atoms with Crippen molar-refractivity contribution in [3.8, 4) is 11.5 Å². The van der Waals surface area contributed by atoms with E-state index in [0.717, 1.165) is 17.1 Å². The molecule has 1 heterocycles. The molecular weight excluding hydrogens is 268 g/mol. The van der Waals surface area contributed by atoms with Crippen molar-refractivity contribution in [3.63, 3.8) is 0 Å². The van der Waals surface area contributed by atoms with Crippen LogP contribution in [0.1, 0.15) is 11.4 Å². The lowest BCUT2D eigenvalue weighted by atomic mass is 10.3. The average molecular weight is 290 g/mol. The van der Waals surface area contributed by atoms with Gasteiger partial charge in [0.1, 0.15) is 24.2 Å². The van der Waals surface area contributed by atoms with Gasteiger partial charge < -0.3 is 20.0 Å². The van der Waals surface area contributed by atoms with Crippen LogP contribution >= 0.6 is 0 Å². The van der Waals surface area contributed by atoms with Crippen LogP contribution in [-0.4, -0.2) is 36.1 Å². The fourth-order valence-electron chi connectivity index (χ4n) is 2.06. The van der Waals surface area contributed by atoms with Gasteiger partial charge in [-0.2, -0.15) is 0 Å². The predicted molar refractivity (Wildman–Crippen MR) is 82.6 cm³/mol. The van der Waals surface area contributed by atoms with E-state index in [9.17, 15) is 5.11 Å². The second-order valence-electron chi connectivity index (χ2n) is 4.96. The summed E-state index contributed by atoms with van der Waals surface area (Å²) in [5.74, 6) is 1.42. The molecular formula is C16H22N2O3. The van der Waals surface area contributed by atoms with Crippen LogP contribution in [0.3, 0.4) is 0 Å². The summed E-state index contributed by atoms with van der Waals surface area (Å²) in [7, 11) is 1.61. The molecule has 1 atom stereocenters. The number of methoxy groups -OCH3 is 1. The zero-order chi connectivity index (χ0) is 15.2. The maximum absolute atomic E-state index is 9.99. The van der Waals surface area contributed by atoms with Gasteiger partial charge in [0.05, 0.1) is 13.7 Å². The minimum absolute atomic E-state index is 0.222. The van der Waals surface area contributed by atoms with Crippen LogP contribution < -0.4 is 14.9 Å². The highest BCUT2D eigenvalue weighted by Gasteiger charge is 2.07. The first-order valence-corrected chi connectivity index (χ1v) is 6.94. The van der Waals surface area contributed by atoms with Gasteiger partial charge in [-0.3, -0.25) is 4.68 Å². The Hall–Kier alpha value is -2.14. The van der Waals surface area contributed by atoms with Crippen molar-refractivity contribution in [1.29, 1.82) is 0 Å². The summed E-state index contributed by atoms with van der Waals surface area (Å²) < 4.78 is 12.6. The summed E-state index contributed by atoms with van der Waals surface area (Å²) in [6, 6.07) is 11.4. The van der Waals surface area contributed by atoms with Gasteiger partial charge in [0, 0.05) is 17.5 Å². The highest BCUT2D eigenvalue weighted by molar-refractivity contribution is 5.32. The number of ether oxygens (including phenoxy) is 2. The molecule has 0 amide bonds. The molecule has 1 aromatic carbocycles. The number of aryl methyl sites for hydroxylation is 2. The van der Waals surface area contributed by atoms with Crippen LogP contribution in [0.5, 0.6) is 11.5 Å². The zero-order valence-electron chi connectivity index (χ0n) is 12.7. The van der Waals surface area contributed by atoms with Crippen LogP contribution in [0, 0.1) is 13.8 Å². The van der Waals surface area contributed by atoms with Crippen molar-refractivity contribution in [3.05, 3.63) is 47.8 Å². The summed E-state index contributed by atoms with van der Waals surface area (Å²) in [4.78, 5) is 0. The Labute approximate surface area is 125 Å². The minimum Gasteiger partial charge on any atom is -0.497 e. The molecule has 0 radical (unpaired) electrons. The highest BCUT2D eigenvalue weighted by Crippen LogP contribution is 2.18. The Morgan fingerprint density at radius 3 is 2.48 bits per heavy atom. The number of hydrogen-bond acceptors (Lipinski definition) is 4. The van der Waals surface area contributed by atoms with Gasteiger partial charge in [-0.15, -0.1) is 0 Å². The summed E-state index contributed by atoms with van der Waals surface area (Å²) >= 11 is 0. The van der Waals surface area contributed by atoms with Gasteiger partial charge in [0.15, 0.2) is 0 Å². The molecule has 21 heavy (non-hydrogen) atoms. The standard InChI is InChI=1S/C16H22N2O3/c1-12-7-8-13(2)18(12)17-10-14(19)11-21-16-6-4-5-15(9-16)20-3/h4-9,14,17,19H,10-11H2,1-3H3. The maximum atomic E-state index is 9.99. The van der Waals surface area contributed by atoms with Gasteiger partial charge >= 0.3 is 0 Å². The molecule has 5 heteroatoms. The van der Waals surface area contributed by atoms with Crippen molar-refractivity contribution < 1.29 is 14.6 Å². The van der Waals surface area contributed by atoms with E-state index in [4.69, 9.17) is 9.47 Å². The van der Waals surface area contributed by atoms with Crippen molar-refractivity contribution in [2.75, 3.05) is 25.7 Å². The number of nitrogens with one attached hydrogen (secondary N) is 1. The number of aliphatic hydroxyl groups excluding tert-OH is 1. The van der Waals surface area contributed by atoms with Crippen LogP contribution in [-0.2, 0) is 0 Å². The van der Waals surface area contributed by atoms with E-state index < -0.39 is 6.10 Å². The molecule has 0 saturated carbocycles. The second-order valence-corrected chi connectivity index (χ2v) is 4.96. The molecule has 114 valence electrons. The average Bonchev–Trinajstić information content (AvgIpc) is 2.82. The number of aliphatic hydroxyl groups is 1. The van der Waals surface area contributed by atoms with Crippen LogP contribution in [0.25, 0.3) is 0 Å².